The Hall–Kier alpha value is -0.470. The Balaban J connectivity index is 1.94. The number of ether oxygens (including phenoxy) is 1. The summed E-state index contributed by atoms with van der Waals surface area (Å²) in [7, 11) is 0. The number of pyridine rings is 1. The van der Waals surface area contributed by atoms with Crippen LogP contribution in [-0.4, -0.2) is 11.1 Å². The van der Waals surface area contributed by atoms with Crippen LogP contribution in [0.25, 0.3) is 0 Å². The Morgan fingerprint density at radius 2 is 1.52 bits per heavy atom. The van der Waals surface area contributed by atoms with Crippen LogP contribution in [0.3, 0.4) is 0 Å². The number of rotatable bonds is 4. The number of halogens is 2. The molecular formula is C19H29Cl2NO. The first-order valence-electron chi connectivity index (χ1n) is 8.54. The first-order valence-corrected chi connectivity index (χ1v) is 9.30. The highest BCUT2D eigenvalue weighted by Gasteiger charge is 2.36. The molecule has 0 spiro atoms. The van der Waals surface area contributed by atoms with Crippen molar-refractivity contribution in [1.82, 2.24) is 4.98 Å². The van der Waals surface area contributed by atoms with Gasteiger partial charge in [0.25, 0.3) is 0 Å². The van der Waals surface area contributed by atoms with Gasteiger partial charge in [0.2, 0.25) is 0 Å². The van der Waals surface area contributed by atoms with Crippen LogP contribution in [0.5, 0.6) is 5.75 Å². The molecular weight excluding hydrogens is 329 g/mol. The Labute approximate surface area is 150 Å². The zero-order valence-corrected chi connectivity index (χ0v) is 16.5. The van der Waals surface area contributed by atoms with Gasteiger partial charge in [-0.15, -0.1) is 0 Å². The quantitative estimate of drug-likeness (QED) is 0.591. The van der Waals surface area contributed by atoms with Crippen molar-refractivity contribution in [2.75, 3.05) is 0 Å². The normalized spacial score (nSPS) is 22.9. The third kappa shape index (κ3) is 5.26. The second kappa shape index (κ2) is 7.19. The van der Waals surface area contributed by atoms with Crippen molar-refractivity contribution in [3.63, 3.8) is 0 Å². The van der Waals surface area contributed by atoms with Gasteiger partial charge in [-0.2, -0.15) is 0 Å². The molecule has 130 valence electrons. The Kier molecular flexibility index (Phi) is 5.90. The van der Waals surface area contributed by atoms with Crippen molar-refractivity contribution in [1.29, 1.82) is 0 Å². The molecule has 2 nitrogen and oxygen atoms in total. The fourth-order valence-corrected chi connectivity index (χ4v) is 4.61. The summed E-state index contributed by atoms with van der Waals surface area (Å²) in [6, 6.07) is 0. The van der Waals surface area contributed by atoms with Gasteiger partial charge in [-0.3, -0.25) is 4.98 Å². The number of hydrogen-bond donors (Lipinski definition) is 0. The molecule has 0 atom stereocenters. The molecule has 1 aromatic rings. The molecule has 0 amide bonds. The minimum Gasteiger partial charge on any atom is -0.487 e. The molecule has 23 heavy (non-hydrogen) atoms. The molecule has 1 aliphatic rings. The van der Waals surface area contributed by atoms with E-state index in [0.29, 0.717) is 26.6 Å². The predicted molar refractivity (Wildman–Crippen MR) is 98.5 cm³/mol. The third-order valence-corrected chi connectivity index (χ3v) is 5.40. The highest BCUT2D eigenvalue weighted by Crippen LogP contribution is 2.46. The van der Waals surface area contributed by atoms with Crippen LogP contribution in [-0.2, 0) is 0 Å². The summed E-state index contributed by atoms with van der Waals surface area (Å²) in [4.78, 5) is 3.97. The molecule has 0 radical (unpaired) electrons. The SMILES string of the molecule is CC(C)(C)CC(C)(C)C1CCC(Oc2c(Cl)cncc2Cl)CC1. The Bertz CT molecular complexity index is 508. The fourth-order valence-electron chi connectivity index (χ4n) is 4.15. The molecule has 0 aliphatic heterocycles. The number of hydrogen-bond acceptors (Lipinski definition) is 2. The van der Waals surface area contributed by atoms with E-state index in [9.17, 15) is 0 Å². The van der Waals surface area contributed by atoms with E-state index in [1.807, 2.05) is 0 Å². The van der Waals surface area contributed by atoms with Crippen molar-refractivity contribution in [2.45, 2.75) is 72.8 Å². The van der Waals surface area contributed by atoms with Gasteiger partial charge in [0.05, 0.1) is 6.10 Å². The van der Waals surface area contributed by atoms with Crippen LogP contribution in [0, 0.1) is 16.7 Å². The summed E-state index contributed by atoms with van der Waals surface area (Å²) in [5, 5.41) is 0.986. The molecule has 1 heterocycles. The molecule has 1 fully saturated rings. The molecule has 1 aromatic heterocycles. The summed E-state index contributed by atoms with van der Waals surface area (Å²) in [6.45, 7) is 11.8. The van der Waals surface area contributed by atoms with Crippen molar-refractivity contribution in [3.05, 3.63) is 22.4 Å². The summed E-state index contributed by atoms with van der Waals surface area (Å²) in [5.41, 5.74) is 0.740. The van der Waals surface area contributed by atoms with E-state index in [0.717, 1.165) is 18.8 Å². The molecule has 4 heteroatoms. The summed E-state index contributed by atoms with van der Waals surface area (Å²) >= 11 is 12.3. The first-order chi connectivity index (χ1) is 10.6. The largest absolute Gasteiger partial charge is 0.487 e. The standard InChI is InChI=1S/C19H29Cl2NO/c1-18(2,3)12-19(4,5)13-6-8-14(9-7-13)23-17-15(20)10-22-11-16(17)21/h10-11,13-14H,6-9,12H2,1-5H3. The van der Waals surface area contributed by atoms with Crippen molar-refractivity contribution >= 4 is 23.2 Å². The second-order valence-corrected chi connectivity index (χ2v) is 9.56. The molecule has 0 aromatic carbocycles. The molecule has 0 bridgehead atoms. The molecule has 0 N–H and O–H groups in total. The summed E-state index contributed by atoms with van der Waals surface area (Å²) < 4.78 is 6.07. The summed E-state index contributed by atoms with van der Waals surface area (Å²) in [5.74, 6) is 1.34. The van der Waals surface area contributed by atoms with Gasteiger partial charge in [0, 0.05) is 12.4 Å². The monoisotopic (exact) mass is 357 g/mol. The van der Waals surface area contributed by atoms with Gasteiger partial charge >= 0.3 is 0 Å². The van der Waals surface area contributed by atoms with Crippen molar-refractivity contribution in [3.8, 4) is 5.75 Å². The van der Waals surface area contributed by atoms with Crippen LogP contribution in [0.2, 0.25) is 10.0 Å². The van der Waals surface area contributed by atoms with Crippen LogP contribution in [0.4, 0.5) is 0 Å². The topological polar surface area (TPSA) is 22.1 Å². The van der Waals surface area contributed by atoms with Crippen LogP contribution in [0.1, 0.15) is 66.7 Å². The minimum atomic E-state index is 0.203. The zero-order valence-electron chi connectivity index (χ0n) is 15.0. The molecule has 0 saturated heterocycles. The Morgan fingerprint density at radius 3 is 2.00 bits per heavy atom. The van der Waals surface area contributed by atoms with Gasteiger partial charge in [0.15, 0.2) is 5.75 Å². The average molecular weight is 358 g/mol. The van der Waals surface area contributed by atoms with E-state index < -0.39 is 0 Å². The highest BCUT2D eigenvalue weighted by molar-refractivity contribution is 6.36. The first kappa shape index (κ1) is 18.9. The van der Waals surface area contributed by atoms with Crippen LogP contribution < -0.4 is 4.74 Å². The zero-order chi connectivity index (χ0) is 17.3. The maximum absolute atomic E-state index is 6.15. The number of nitrogens with zero attached hydrogens (tertiary/aromatic N) is 1. The maximum Gasteiger partial charge on any atom is 0.160 e. The van der Waals surface area contributed by atoms with Crippen molar-refractivity contribution in [2.24, 2.45) is 16.7 Å². The van der Waals surface area contributed by atoms with E-state index in [1.54, 1.807) is 12.4 Å². The van der Waals surface area contributed by atoms with Gasteiger partial charge in [-0.1, -0.05) is 57.8 Å². The number of aromatic nitrogens is 1. The fraction of sp³-hybridized carbons (Fsp3) is 0.737. The maximum atomic E-state index is 6.15. The lowest BCUT2D eigenvalue weighted by Crippen LogP contribution is -2.34. The minimum absolute atomic E-state index is 0.203. The van der Waals surface area contributed by atoms with E-state index >= 15 is 0 Å². The highest BCUT2D eigenvalue weighted by atomic mass is 35.5. The van der Waals surface area contributed by atoms with Crippen molar-refractivity contribution < 1.29 is 4.74 Å². The molecule has 1 aliphatic carbocycles. The van der Waals surface area contributed by atoms with Gasteiger partial charge in [0.1, 0.15) is 10.0 Å². The van der Waals surface area contributed by atoms with Gasteiger partial charge < -0.3 is 4.74 Å². The lowest BCUT2D eigenvalue weighted by Gasteiger charge is -2.42. The van der Waals surface area contributed by atoms with Gasteiger partial charge in [-0.25, -0.2) is 0 Å². The molecule has 2 rings (SSSR count). The summed E-state index contributed by atoms with van der Waals surface area (Å²) in [6.07, 6.45) is 9.15. The van der Waals surface area contributed by atoms with E-state index in [1.165, 1.54) is 19.3 Å². The average Bonchev–Trinajstić information content (AvgIpc) is 2.41. The molecule has 0 unspecified atom stereocenters. The van der Waals surface area contributed by atoms with E-state index in [-0.39, 0.29) is 6.10 Å². The van der Waals surface area contributed by atoms with E-state index in [4.69, 9.17) is 27.9 Å². The molecule has 1 saturated carbocycles. The second-order valence-electron chi connectivity index (χ2n) is 8.75. The lowest BCUT2D eigenvalue weighted by molar-refractivity contribution is 0.0556. The lowest BCUT2D eigenvalue weighted by atomic mass is 9.64. The Morgan fingerprint density at radius 1 is 1.00 bits per heavy atom. The van der Waals surface area contributed by atoms with E-state index in [2.05, 4.69) is 39.6 Å². The van der Waals surface area contributed by atoms with Crippen LogP contribution in [0.15, 0.2) is 12.4 Å². The predicted octanol–water partition coefficient (Wildman–Crippen LogP) is 6.79. The smallest absolute Gasteiger partial charge is 0.160 e. The van der Waals surface area contributed by atoms with Gasteiger partial charge in [-0.05, 0) is 48.9 Å². The third-order valence-electron chi connectivity index (χ3n) is 4.86. The van der Waals surface area contributed by atoms with Crippen LogP contribution >= 0.6 is 23.2 Å².